The Morgan fingerprint density at radius 3 is 2.46 bits per heavy atom. The van der Waals surface area contributed by atoms with Crippen molar-refractivity contribution < 1.29 is 14.4 Å². The molecule has 2 heterocycles. The number of imide groups is 1. The third-order valence-corrected chi connectivity index (χ3v) is 9.52. The first-order valence-corrected chi connectivity index (χ1v) is 15.7. The fraction of sp³-hybridized carbons (Fsp3) is 0.500. The van der Waals surface area contributed by atoms with Crippen molar-refractivity contribution in [2.45, 2.75) is 94.2 Å². The monoisotopic (exact) mass is 608 g/mol. The van der Waals surface area contributed by atoms with Crippen LogP contribution in [-0.2, 0) is 27.2 Å². The molecule has 1 atom stereocenters. The van der Waals surface area contributed by atoms with Crippen molar-refractivity contribution >= 4 is 51.1 Å². The van der Waals surface area contributed by atoms with Gasteiger partial charge >= 0.3 is 0 Å². The number of halogens is 1. The molecular weight excluding hydrogens is 576 g/mol. The van der Waals surface area contributed by atoms with E-state index in [2.05, 4.69) is 22.0 Å². The minimum absolute atomic E-state index is 0.0116. The van der Waals surface area contributed by atoms with Crippen molar-refractivity contribution in [3.05, 3.63) is 51.6 Å². The van der Waals surface area contributed by atoms with Gasteiger partial charge in [0, 0.05) is 16.2 Å². The zero-order valence-electron chi connectivity index (χ0n) is 22.0. The lowest BCUT2D eigenvalue weighted by Crippen LogP contribution is -2.52. The van der Waals surface area contributed by atoms with Gasteiger partial charge in [-0.1, -0.05) is 59.8 Å². The molecule has 1 aromatic carbocycles. The predicted molar refractivity (Wildman–Crippen MR) is 154 cm³/mol. The molecule has 7 nitrogen and oxygen atoms in total. The fourth-order valence-electron chi connectivity index (χ4n) is 6.05. The number of rotatable bonds is 6. The summed E-state index contributed by atoms with van der Waals surface area (Å²) in [5.41, 5.74) is 3.21. The highest BCUT2D eigenvalue weighted by Crippen LogP contribution is 2.33. The molecule has 2 aromatic rings. The first-order chi connectivity index (χ1) is 19.0. The second kappa shape index (κ2) is 12.6. The second-order valence-corrected chi connectivity index (χ2v) is 12.5. The Labute approximate surface area is 242 Å². The second-order valence-electron chi connectivity index (χ2n) is 10.6. The number of aromatic nitrogens is 1. The van der Waals surface area contributed by atoms with Crippen molar-refractivity contribution in [1.82, 2.24) is 9.88 Å². The molecule has 1 aromatic heterocycles. The fourth-order valence-corrected chi connectivity index (χ4v) is 7.16. The Morgan fingerprint density at radius 2 is 1.74 bits per heavy atom. The van der Waals surface area contributed by atoms with Gasteiger partial charge < -0.3 is 4.90 Å². The zero-order chi connectivity index (χ0) is 27.4. The molecule has 0 N–H and O–H groups in total. The molecule has 39 heavy (non-hydrogen) atoms. The zero-order valence-corrected chi connectivity index (χ0v) is 24.4. The highest BCUT2D eigenvalue weighted by Gasteiger charge is 2.46. The molecule has 0 radical (unpaired) electrons. The van der Waals surface area contributed by atoms with Gasteiger partial charge in [0.05, 0.1) is 23.4 Å². The summed E-state index contributed by atoms with van der Waals surface area (Å²) in [5, 5.41) is 10.4. The molecule has 3 amide bonds. The molecule has 2 aliphatic carbocycles. The number of hydrogen-bond acceptors (Lipinski definition) is 6. The number of fused-ring (bicyclic) bond motifs is 1. The molecule has 1 saturated carbocycles. The summed E-state index contributed by atoms with van der Waals surface area (Å²) in [6.07, 6.45) is 11.1. The van der Waals surface area contributed by atoms with Crippen LogP contribution < -0.4 is 4.90 Å². The van der Waals surface area contributed by atoms with E-state index in [-0.39, 0.29) is 35.9 Å². The minimum atomic E-state index is -0.809. The molecule has 0 spiro atoms. The van der Waals surface area contributed by atoms with Gasteiger partial charge in [0.1, 0.15) is 17.1 Å². The number of nitriles is 1. The Morgan fingerprint density at radius 1 is 1.05 bits per heavy atom. The van der Waals surface area contributed by atoms with Gasteiger partial charge in [-0.05, 0) is 74.4 Å². The van der Waals surface area contributed by atoms with E-state index < -0.39 is 6.04 Å². The van der Waals surface area contributed by atoms with Gasteiger partial charge in [0.25, 0.3) is 5.91 Å². The SMILES string of the molecule is N#Cc1cc2c(nc1SCC(=O)N(C1CCCCC1)C1CC(=O)N(c3ccc(Br)cc3)C1=O)CCCCCC2. The number of benzene rings is 1. The lowest BCUT2D eigenvalue weighted by atomic mass is 9.92. The summed E-state index contributed by atoms with van der Waals surface area (Å²) in [7, 11) is 0. The van der Waals surface area contributed by atoms with Crippen LogP contribution in [0.1, 0.15) is 81.0 Å². The largest absolute Gasteiger partial charge is 0.326 e. The molecule has 9 heteroatoms. The highest BCUT2D eigenvalue weighted by molar-refractivity contribution is 9.10. The van der Waals surface area contributed by atoms with E-state index >= 15 is 0 Å². The minimum Gasteiger partial charge on any atom is -0.326 e. The molecular formula is C30H33BrN4O3S. The predicted octanol–water partition coefficient (Wildman–Crippen LogP) is 5.96. The number of thioether (sulfide) groups is 1. The topological polar surface area (TPSA) is 94.4 Å². The van der Waals surface area contributed by atoms with E-state index in [0.29, 0.717) is 16.3 Å². The molecule has 0 bridgehead atoms. The maximum atomic E-state index is 13.8. The number of nitrogens with zero attached hydrogens (tertiary/aromatic N) is 4. The maximum absolute atomic E-state index is 13.8. The average molecular weight is 610 g/mol. The van der Waals surface area contributed by atoms with Crippen LogP contribution in [0.3, 0.4) is 0 Å². The lowest BCUT2D eigenvalue weighted by Gasteiger charge is -2.37. The van der Waals surface area contributed by atoms with Crippen LogP contribution in [0.25, 0.3) is 0 Å². The number of amides is 3. The molecule has 2 fully saturated rings. The maximum Gasteiger partial charge on any atom is 0.257 e. The summed E-state index contributed by atoms with van der Waals surface area (Å²) >= 11 is 4.67. The molecule has 1 saturated heterocycles. The number of aryl methyl sites for hydroxylation is 2. The van der Waals surface area contributed by atoms with Gasteiger partial charge in [0.2, 0.25) is 11.8 Å². The van der Waals surface area contributed by atoms with Crippen molar-refractivity contribution in [1.29, 1.82) is 5.26 Å². The van der Waals surface area contributed by atoms with E-state index in [9.17, 15) is 19.6 Å². The van der Waals surface area contributed by atoms with Crippen LogP contribution in [0.5, 0.6) is 0 Å². The van der Waals surface area contributed by atoms with Crippen LogP contribution in [0.4, 0.5) is 5.69 Å². The van der Waals surface area contributed by atoms with Crippen molar-refractivity contribution in [3.63, 3.8) is 0 Å². The number of carbonyl (C=O) groups is 3. The van der Waals surface area contributed by atoms with Crippen LogP contribution in [0.15, 0.2) is 39.8 Å². The summed E-state index contributed by atoms with van der Waals surface area (Å²) < 4.78 is 0.858. The van der Waals surface area contributed by atoms with E-state index in [1.807, 2.05) is 6.07 Å². The lowest BCUT2D eigenvalue weighted by molar-refractivity contribution is -0.139. The van der Waals surface area contributed by atoms with Crippen molar-refractivity contribution in [3.8, 4) is 6.07 Å². The number of anilines is 1. The summed E-state index contributed by atoms with van der Waals surface area (Å²) in [6, 6.07) is 10.4. The van der Waals surface area contributed by atoms with Gasteiger partial charge in [-0.25, -0.2) is 9.88 Å². The average Bonchev–Trinajstić information content (AvgIpc) is 3.22. The molecule has 1 unspecified atom stereocenters. The Kier molecular flexibility index (Phi) is 9.03. The molecule has 5 rings (SSSR count). The third kappa shape index (κ3) is 6.22. The van der Waals surface area contributed by atoms with Crippen LogP contribution in [0.2, 0.25) is 0 Å². The van der Waals surface area contributed by atoms with Gasteiger partial charge in [-0.3, -0.25) is 14.4 Å². The van der Waals surface area contributed by atoms with E-state index in [0.717, 1.165) is 73.5 Å². The smallest absolute Gasteiger partial charge is 0.257 e. The van der Waals surface area contributed by atoms with Gasteiger partial charge in [-0.15, -0.1) is 0 Å². The van der Waals surface area contributed by atoms with E-state index in [1.165, 1.54) is 29.5 Å². The summed E-state index contributed by atoms with van der Waals surface area (Å²) in [5.74, 6) is -0.729. The summed E-state index contributed by atoms with van der Waals surface area (Å²) in [6.45, 7) is 0. The standard InChI is InChI=1S/C30H33BrN4O3S/c31-22-12-14-24(15-13-22)35-27(36)17-26(30(35)38)34(23-9-5-3-6-10-23)28(37)19-39-29-21(18-32)16-20-8-4-1-2-7-11-25(20)33-29/h12-16,23,26H,1-11,17,19H2. The van der Waals surface area contributed by atoms with E-state index in [4.69, 9.17) is 4.98 Å². The third-order valence-electron chi connectivity index (χ3n) is 8.02. The number of carbonyl (C=O) groups excluding carboxylic acids is 3. The van der Waals surface area contributed by atoms with Crippen LogP contribution in [-0.4, -0.2) is 45.4 Å². The molecule has 204 valence electrons. The van der Waals surface area contributed by atoms with Crippen molar-refractivity contribution in [2.75, 3.05) is 10.7 Å². The number of hydrogen-bond donors (Lipinski definition) is 0. The molecule has 3 aliphatic rings. The van der Waals surface area contributed by atoms with E-state index in [1.54, 1.807) is 29.2 Å². The Balaban J connectivity index is 1.37. The normalized spacial score (nSPS) is 20.2. The highest BCUT2D eigenvalue weighted by atomic mass is 79.9. The number of pyridine rings is 1. The van der Waals surface area contributed by atoms with Crippen molar-refractivity contribution in [2.24, 2.45) is 0 Å². The Bertz CT molecular complexity index is 1290. The quantitative estimate of drug-likeness (QED) is 0.296. The first kappa shape index (κ1) is 27.9. The van der Waals surface area contributed by atoms with Crippen LogP contribution >= 0.6 is 27.7 Å². The summed E-state index contributed by atoms with van der Waals surface area (Å²) in [4.78, 5) is 48.3. The molecule has 1 aliphatic heterocycles. The van der Waals surface area contributed by atoms with Crippen LogP contribution in [0, 0.1) is 11.3 Å². The first-order valence-electron chi connectivity index (χ1n) is 14.0. The van der Waals surface area contributed by atoms with Gasteiger partial charge in [0.15, 0.2) is 0 Å². The van der Waals surface area contributed by atoms with Gasteiger partial charge in [-0.2, -0.15) is 5.26 Å². The Hall–Kier alpha value is -2.70.